The summed E-state index contributed by atoms with van der Waals surface area (Å²) >= 11 is 0. The van der Waals surface area contributed by atoms with E-state index in [4.69, 9.17) is 5.10 Å². The van der Waals surface area contributed by atoms with E-state index in [9.17, 15) is 19.6 Å². The predicted octanol–water partition coefficient (Wildman–Crippen LogP) is 3.24. The molecule has 10 nitrogen and oxygen atoms in total. The van der Waals surface area contributed by atoms with E-state index in [1.807, 2.05) is 42.5 Å². The maximum absolute atomic E-state index is 14.0. The fourth-order valence-electron chi connectivity index (χ4n) is 5.91. The number of rotatable bonds is 4. The lowest BCUT2D eigenvalue weighted by Crippen LogP contribution is -2.55. The molecule has 4 amide bonds. The first-order valence-corrected chi connectivity index (χ1v) is 13.0. The molecule has 10 heteroatoms. The number of nitriles is 1. The van der Waals surface area contributed by atoms with Crippen LogP contribution in [0.2, 0.25) is 0 Å². The standard InChI is InChI=1S/C29H29N7O3/c1-17-10-19(14-31-21(17)13-30)36-27(38)25-22-11-20(35(25)28(36)39)16-33(22)26(37)23-12-24(29(2,3)4)32-34(23)15-18-8-6-5-7-9-18/h5-10,12,14,20,22,25H,11,15-16H2,1-4H3/t20-,22?,25?/m1/s1. The van der Waals surface area contributed by atoms with Crippen molar-refractivity contribution in [2.75, 3.05) is 11.4 Å². The van der Waals surface area contributed by atoms with E-state index in [0.29, 0.717) is 36.5 Å². The Balaban J connectivity index is 1.30. The average molecular weight is 524 g/mol. The first-order valence-electron chi connectivity index (χ1n) is 13.0. The Hall–Kier alpha value is -4.52. The molecule has 3 atom stereocenters. The number of hydrogen-bond donors (Lipinski definition) is 0. The highest BCUT2D eigenvalue weighted by atomic mass is 16.2. The molecule has 2 unspecified atom stereocenters. The van der Waals surface area contributed by atoms with Crippen LogP contribution in [0.1, 0.15) is 60.2 Å². The molecule has 1 aromatic carbocycles. The molecular formula is C29H29N7O3. The van der Waals surface area contributed by atoms with E-state index in [-0.39, 0.29) is 29.0 Å². The van der Waals surface area contributed by atoms with Crippen LogP contribution in [0.15, 0.2) is 48.7 Å². The van der Waals surface area contributed by atoms with Crippen molar-refractivity contribution in [1.82, 2.24) is 24.6 Å². The van der Waals surface area contributed by atoms with E-state index in [2.05, 4.69) is 25.8 Å². The zero-order valence-corrected chi connectivity index (χ0v) is 22.3. The summed E-state index contributed by atoms with van der Waals surface area (Å²) in [6, 6.07) is 13.5. The number of anilines is 1. The third kappa shape index (κ3) is 3.88. The van der Waals surface area contributed by atoms with Crippen molar-refractivity contribution < 1.29 is 14.4 Å². The summed E-state index contributed by atoms with van der Waals surface area (Å²) in [7, 11) is 0. The molecule has 2 aromatic heterocycles. The van der Waals surface area contributed by atoms with E-state index in [1.165, 1.54) is 6.20 Å². The van der Waals surface area contributed by atoms with Crippen LogP contribution in [0, 0.1) is 18.3 Å². The van der Waals surface area contributed by atoms with Gasteiger partial charge in [-0.05, 0) is 36.6 Å². The van der Waals surface area contributed by atoms with Crippen molar-refractivity contribution in [3.8, 4) is 6.07 Å². The van der Waals surface area contributed by atoms with Crippen LogP contribution in [0.25, 0.3) is 0 Å². The Morgan fingerprint density at radius 3 is 2.56 bits per heavy atom. The second-order valence-corrected chi connectivity index (χ2v) is 11.5. The topological polar surface area (TPSA) is 115 Å². The molecule has 198 valence electrons. The number of aromatic nitrogens is 3. The molecule has 3 aromatic rings. The number of nitrogens with zero attached hydrogens (tertiary/aromatic N) is 7. The highest BCUT2D eigenvalue weighted by Gasteiger charge is 2.63. The van der Waals surface area contributed by atoms with Gasteiger partial charge >= 0.3 is 6.03 Å². The van der Waals surface area contributed by atoms with Crippen molar-refractivity contribution >= 4 is 23.5 Å². The Morgan fingerprint density at radius 2 is 1.90 bits per heavy atom. The molecule has 0 N–H and O–H groups in total. The van der Waals surface area contributed by atoms with Crippen LogP contribution < -0.4 is 4.90 Å². The van der Waals surface area contributed by atoms with Gasteiger partial charge in [0.05, 0.1) is 36.2 Å². The Bertz CT molecular complexity index is 1550. The predicted molar refractivity (Wildman–Crippen MR) is 142 cm³/mol. The van der Waals surface area contributed by atoms with Gasteiger partial charge in [-0.3, -0.25) is 14.3 Å². The first kappa shape index (κ1) is 24.8. The number of hydrogen-bond acceptors (Lipinski definition) is 6. The maximum atomic E-state index is 14.0. The maximum Gasteiger partial charge on any atom is 0.332 e. The molecule has 0 aliphatic carbocycles. The normalized spacial score (nSPS) is 22.0. The monoisotopic (exact) mass is 523 g/mol. The van der Waals surface area contributed by atoms with E-state index < -0.39 is 18.1 Å². The van der Waals surface area contributed by atoms with E-state index in [1.54, 1.807) is 27.5 Å². The number of pyridine rings is 1. The number of benzene rings is 1. The molecule has 0 spiro atoms. The summed E-state index contributed by atoms with van der Waals surface area (Å²) in [4.78, 5) is 49.6. The number of imide groups is 1. The molecule has 3 fully saturated rings. The average Bonchev–Trinajstić information content (AvgIpc) is 3.66. The third-order valence-electron chi connectivity index (χ3n) is 7.90. The van der Waals surface area contributed by atoms with E-state index in [0.717, 1.165) is 16.2 Å². The highest BCUT2D eigenvalue weighted by Crippen LogP contribution is 2.43. The van der Waals surface area contributed by atoms with Crippen molar-refractivity contribution in [3.05, 3.63) is 76.9 Å². The van der Waals surface area contributed by atoms with Gasteiger partial charge in [0.25, 0.3) is 11.8 Å². The minimum Gasteiger partial charge on any atom is -0.330 e. The number of urea groups is 1. The molecule has 2 bridgehead atoms. The van der Waals surface area contributed by atoms with Gasteiger partial charge in [0.1, 0.15) is 23.5 Å². The zero-order valence-electron chi connectivity index (χ0n) is 22.3. The number of carbonyl (C=O) groups excluding carboxylic acids is 3. The fourth-order valence-corrected chi connectivity index (χ4v) is 5.91. The van der Waals surface area contributed by atoms with Crippen molar-refractivity contribution in [2.24, 2.45) is 0 Å². The summed E-state index contributed by atoms with van der Waals surface area (Å²) in [5.74, 6) is -0.556. The number of piperazine rings is 1. The van der Waals surface area contributed by atoms with Crippen molar-refractivity contribution in [3.63, 3.8) is 0 Å². The number of likely N-dealkylation sites (tertiary alicyclic amines) is 1. The minimum atomic E-state index is -0.747. The largest absolute Gasteiger partial charge is 0.332 e. The van der Waals surface area contributed by atoms with Gasteiger partial charge in [0, 0.05) is 12.0 Å². The highest BCUT2D eigenvalue weighted by molar-refractivity contribution is 6.22. The number of amides is 4. The van der Waals surface area contributed by atoms with Crippen LogP contribution in [0.4, 0.5) is 10.5 Å². The Kier molecular flexibility index (Phi) is 5.57. The smallest absolute Gasteiger partial charge is 0.330 e. The van der Waals surface area contributed by atoms with Crippen LogP contribution in [0.5, 0.6) is 0 Å². The summed E-state index contributed by atoms with van der Waals surface area (Å²) in [6.07, 6.45) is 1.94. The van der Waals surface area contributed by atoms with Gasteiger partial charge in [-0.15, -0.1) is 0 Å². The summed E-state index contributed by atoms with van der Waals surface area (Å²) < 4.78 is 1.75. The molecule has 5 heterocycles. The number of carbonyl (C=O) groups is 3. The Labute approximate surface area is 226 Å². The number of aryl methyl sites for hydroxylation is 1. The molecular weight excluding hydrogens is 494 g/mol. The van der Waals surface area contributed by atoms with Gasteiger partial charge in [-0.25, -0.2) is 14.7 Å². The van der Waals surface area contributed by atoms with Crippen molar-refractivity contribution in [2.45, 2.75) is 64.2 Å². The lowest BCUT2D eigenvalue weighted by molar-refractivity contribution is -0.121. The van der Waals surface area contributed by atoms with E-state index >= 15 is 0 Å². The zero-order chi connectivity index (χ0) is 27.6. The van der Waals surface area contributed by atoms with Crippen molar-refractivity contribution in [1.29, 1.82) is 5.26 Å². The van der Waals surface area contributed by atoms with Crippen LogP contribution in [0.3, 0.4) is 0 Å². The van der Waals surface area contributed by atoms with Gasteiger partial charge in [0.15, 0.2) is 0 Å². The summed E-state index contributed by atoms with van der Waals surface area (Å²) in [5.41, 5.74) is 3.24. The van der Waals surface area contributed by atoms with Gasteiger partial charge in [-0.2, -0.15) is 10.4 Å². The quantitative estimate of drug-likeness (QED) is 0.485. The summed E-state index contributed by atoms with van der Waals surface area (Å²) in [5, 5.41) is 14.0. The second-order valence-electron chi connectivity index (χ2n) is 11.5. The van der Waals surface area contributed by atoms with Gasteiger partial charge in [0.2, 0.25) is 0 Å². The van der Waals surface area contributed by atoms with Gasteiger partial charge < -0.3 is 9.80 Å². The van der Waals surface area contributed by atoms with Crippen LogP contribution >= 0.6 is 0 Å². The molecule has 39 heavy (non-hydrogen) atoms. The molecule has 3 aliphatic rings. The molecule has 6 rings (SSSR count). The SMILES string of the molecule is Cc1cc(N2C(=O)C3C4C[C@H](CN4C(=O)c4cc(C(C)(C)C)nn4Cc4ccccc4)N3C2=O)cnc1C#N. The van der Waals surface area contributed by atoms with Gasteiger partial charge in [-0.1, -0.05) is 51.1 Å². The fraction of sp³-hybridized carbons (Fsp3) is 0.379. The van der Waals surface area contributed by atoms with Crippen LogP contribution in [-0.4, -0.2) is 67.1 Å². The molecule has 3 aliphatic heterocycles. The lowest BCUT2D eigenvalue weighted by Gasteiger charge is -2.34. The third-order valence-corrected chi connectivity index (χ3v) is 7.90. The number of fused-ring (bicyclic) bond motifs is 5. The first-order chi connectivity index (χ1) is 18.6. The molecule has 0 saturated carbocycles. The van der Waals surface area contributed by atoms with Crippen LogP contribution in [-0.2, 0) is 16.8 Å². The minimum absolute atomic E-state index is 0.185. The summed E-state index contributed by atoms with van der Waals surface area (Å²) in [6.45, 7) is 8.70. The molecule has 3 saturated heterocycles. The Morgan fingerprint density at radius 1 is 1.15 bits per heavy atom. The molecule has 0 radical (unpaired) electrons. The second kappa shape index (κ2) is 8.76. The lowest BCUT2D eigenvalue weighted by atomic mass is 9.92.